The Kier molecular flexibility index (Phi) is 8.27. The fourth-order valence-electron chi connectivity index (χ4n) is 3.41. The lowest BCUT2D eigenvalue weighted by Gasteiger charge is -2.36. The quantitative estimate of drug-likeness (QED) is 0.632. The van der Waals surface area contributed by atoms with Crippen LogP contribution in [0.15, 0.2) is 42.5 Å². The van der Waals surface area contributed by atoms with Crippen LogP contribution in [0, 0.1) is 0 Å². The Labute approximate surface area is 184 Å². The molecule has 1 fully saturated rings. The highest BCUT2D eigenvalue weighted by Crippen LogP contribution is 2.31. The van der Waals surface area contributed by atoms with Gasteiger partial charge in [0.25, 0.3) is 0 Å². The number of carbonyl (C=O) groups is 1. The lowest BCUT2D eigenvalue weighted by molar-refractivity contribution is 0.208. The number of methoxy groups -OCH3 is 1. The molecule has 7 heteroatoms. The molecule has 0 aliphatic carbocycles. The Morgan fingerprint density at radius 2 is 1.55 bits per heavy atom. The van der Waals surface area contributed by atoms with Crippen LogP contribution in [0.2, 0.25) is 0 Å². The molecule has 7 nitrogen and oxygen atoms in total. The average molecular weight is 428 g/mol. The number of rotatable bonds is 9. The van der Waals surface area contributed by atoms with Crippen molar-refractivity contribution in [3.05, 3.63) is 42.5 Å². The minimum atomic E-state index is -0.0990. The number of nitrogens with zero attached hydrogens (tertiary/aromatic N) is 2. The maximum Gasteiger partial charge on any atom is 0.321 e. The van der Waals surface area contributed by atoms with Crippen LogP contribution in [-0.4, -0.2) is 57.4 Å². The Balaban J connectivity index is 1.57. The maximum absolute atomic E-state index is 12.8. The zero-order chi connectivity index (χ0) is 22.1. The van der Waals surface area contributed by atoms with Crippen LogP contribution in [0.4, 0.5) is 16.2 Å². The molecule has 0 radical (unpaired) electrons. The number of carbonyl (C=O) groups excluding carboxylic acids is 1. The molecule has 3 rings (SSSR count). The van der Waals surface area contributed by atoms with Crippen LogP contribution < -0.4 is 24.4 Å². The van der Waals surface area contributed by atoms with Crippen molar-refractivity contribution >= 4 is 17.4 Å². The number of urea groups is 1. The Morgan fingerprint density at radius 1 is 0.903 bits per heavy atom. The lowest BCUT2D eigenvalue weighted by atomic mass is 10.2. The number of piperazine rings is 1. The van der Waals surface area contributed by atoms with Crippen molar-refractivity contribution in [2.24, 2.45) is 0 Å². The Morgan fingerprint density at radius 3 is 2.16 bits per heavy atom. The summed E-state index contributed by atoms with van der Waals surface area (Å²) in [6, 6.07) is 13.5. The van der Waals surface area contributed by atoms with Crippen LogP contribution >= 0.6 is 0 Å². The second kappa shape index (κ2) is 11.3. The summed E-state index contributed by atoms with van der Waals surface area (Å²) in [4.78, 5) is 16.9. The number of benzene rings is 2. The first kappa shape index (κ1) is 22.6. The fraction of sp³-hybridized carbons (Fsp3) is 0.458. The third kappa shape index (κ3) is 6.20. The van der Waals surface area contributed by atoms with Gasteiger partial charge in [-0.05, 0) is 49.2 Å². The van der Waals surface area contributed by atoms with Gasteiger partial charge >= 0.3 is 6.03 Å². The highest BCUT2D eigenvalue weighted by molar-refractivity contribution is 5.90. The van der Waals surface area contributed by atoms with E-state index in [4.69, 9.17) is 14.2 Å². The molecule has 0 aromatic heterocycles. The van der Waals surface area contributed by atoms with E-state index in [1.165, 1.54) is 0 Å². The predicted octanol–water partition coefficient (Wildman–Crippen LogP) is 4.63. The first-order valence-electron chi connectivity index (χ1n) is 11.0. The number of hydrogen-bond acceptors (Lipinski definition) is 5. The minimum absolute atomic E-state index is 0.0990. The van der Waals surface area contributed by atoms with E-state index in [0.717, 1.165) is 37.4 Å². The largest absolute Gasteiger partial charge is 0.497 e. The van der Waals surface area contributed by atoms with Crippen molar-refractivity contribution in [3.63, 3.8) is 0 Å². The monoisotopic (exact) mass is 427 g/mol. The molecule has 1 saturated heterocycles. The fourth-order valence-corrected chi connectivity index (χ4v) is 3.41. The van der Waals surface area contributed by atoms with E-state index >= 15 is 0 Å². The van der Waals surface area contributed by atoms with Gasteiger partial charge in [0.2, 0.25) is 0 Å². The smallest absolute Gasteiger partial charge is 0.321 e. The van der Waals surface area contributed by atoms with Crippen LogP contribution in [0.3, 0.4) is 0 Å². The summed E-state index contributed by atoms with van der Waals surface area (Å²) in [6.07, 6.45) is 1.83. The Hall–Kier alpha value is -3.09. The zero-order valence-electron chi connectivity index (χ0n) is 18.7. The van der Waals surface area contributed by atoms with Gasteiger partial charge in [0, 0.05) is 43.6 Å². The van der Waals surface area contributed by atoms with E-state index in [9.17, 15) is 4.79 Å². The van der Waals surface area contributed by atoms with Gasteiger partial charge < -0.3 is 29.3 Å². The normalized spacial score (nSPS) is 13.6. The molecule has 1 aliphatic heterocycles. The Bertz CT molecular complexity index is 833. The number of hydrogen-bond donors (Lipinski definition) is 1. The molecule has 0 atom stereocenters. The molecule has 168 valence electrons. The average Bonchev–Trinajstić information content (AvgIpc) is 2.82. The van der Waals surface area contributed by atoms with Crippen molar-refractivity contribution < 1.29 is 19.0 Å². The summed E-state index contributed by atoms with van der Waals surface area (Å²) >= 11 is 0. The van der Waals surface area contributed by atoms with E-state index < -0.39 is 0 Å². The van der Waals surface area contributed by atoms with Crippen LogP contribution in [0.25, 0.3) is 0 Å². The first-order valence-corrected chi connectivity index (χ1v) is 11.0. The third-order valence-corrected chi connectivity index (χ3v) is 5.12. The second-order valence-electron chi connectivity index (χ2n) is 7.46. The van der Waals surface area contributed by atoms with Gasteiger partial charge in [-0.15, -0.1) is 0 Å². The van der Waals surface area contributed by atoms with Crippen molar-refractivity contribution in [3.8, 4) is 17.2 Å². The van der Waals surface area contributed by atoms with E-state index in [-0.39, 0.29) is 6.03 Å². The highest BCUT2D eigenvalue weighted by atomic mass is 16.5. The van der Waals surface area contributed by atoms with E-state index in [1.54, 1.807) is 7.11 Å². The molecule has 0 bridgehead atoms. The van der Waals surface area contributed by atoms with Crippen molar-refractivity contribution in [1.82, 2.24) is 4.90 Å². The molecule has 1 heterocycles. The minimum Gasteiger partial charge on any atom is -0.497 e. The molecule has 2 amide bonds. The van der Waals surface area contributed by atoms with Crippen molar-refractivity contribution in [2.75, 3.05) is 56.7 Å². The van der Waals surface area contributed by atoms with Crippen LogP contribution in [0.5, 0.6) is 17.2 Å². The van der Waals surface area contributed by atoms with Gasteiger partial charge in [-0.3, -0.25) is 0 Å². The van der Waals surface area contributed by atoms with Gasteiger partial charge in [0.05, 0.1) is 20.3 Å². The summed E-state index contributed by atoms with van der Waals surface area (Å²) in [6.45, 7) is 8.26. The van der Waals surface area contributed by atoms with E-state index in [1.807, 2.05) is 35.2 Å². The van der Waals surface area contributed by atoms with E-state index in [0.29, 0.717) is 43.5 Å². The molecule has 0 spiro atoms. The van der Waals surface area contributed by atoms with Crippen LogP contribution in [0.1, 0.15) is 26.7 Å². The molecule has 1 N–H and O–H groups in total. The number of amides is 2. The van der Waals surface area contributed by atoms with Gasteiger partial charge in [0.15, 0.2) is 11.5 Å². The standard InChI is InChI=1S/C24H33N3O4/c1-4-16-30-22-11-6-19(18-23(22)31-17-5-2)25-24(28)27-14-12-26(13-15-27)20-7-9-21(29-3)10-8-20/h6-11,18H,4-5,12-17H2,1-3H3,(H,25,28). The molecular weight excluding hydrogens is 394 g/mol. The summed E-state index contributed by atoms with van der Waals surface area (Å²) < 4.78 is 16.8. The molecular formula is C24H33N3O4. The summed E-state index contributed by atoms with van der Waals surface area (Å²) in [5, 5.41) is 3.00. The summed E-state index contributed by atoms with van der Waals surface area (Å²) in [5.74, 6) is 2.22. The SMILES string of the molecule is CCCOc1ccc(NC(=O)N2CCN(c3ccc(OC)cc3)CC2)cc1OCCC. The van der Waals surface area contributed by atoms with Gasteiger partial charge in [-0.25, -0.2) is 4.79 Å². The van der Waals surface area contributed by atoms with Crippen molar-refractivity contribution in [2.45, 2.75) is 26.7 Å². The number of anilines is 2. The molecule has 31 heavy (non-hydrogen) atoms. The summed E-state index contributed by atoms with van der Waals surface area (Å²) in [5.41, 5.74) is 1.85. The molecule has 2 aromatic rings. The molecule has 0 unspecified atom stereocenters. The van der Waals surface area contributed by atoms with Gasteiger partial charge in [-0.2, -0.15) is 0 Å². The van der Waals surface area contributed by atoms with Gasteiger partial charge in [-0.1, -0.05) is 13.8 Å². The first-order chi connectivity index (χ1) is 15.1. The van der Waals surface area contributed by atoms with E-state index in [2.05, 4.69) is 36.2 Å². The molecule has 0 saturated carbocycles. The summed E-state index contributed by atoms with van der Waals surface area (Å²) in [7, 11) is 1.66. The highest BCUT2D eigenvalue weighted by Gasteiger charge is 2.22. The predicted molar refractivity (Wildman–Crippen MR) is 124 cm³/mol. The van der Waals surface area contributed by atoms with Crippen LogP contribution in [-0.2, 0) is 0 Å². The maximum atomic E-state index is 12.8. The molecule has 1 aliphatic rings. The number of nitrogens with one attached hydrogen (secondary N) is 1. The number of ether oxygens (including phenoxy) is 3. The second-order valence-corrected chi connectivity index (χ2v) is 7.46. The van der Waals surface area contributed by atoms with Gasteiger partial charge in [0.1, 0.15) is 5.75 Å². The lowest BCUT2D eigenvalue weighted by Crippen LogP contribution is -2.50. The van der Waals surface area contributed by atoms with Crippen molar-refractivity contribution in [1.29, 1.82) is 0 Å². The topological polar surface area (TPSA) is 63.3 Å². The molecule has 2 aromatic carbocycles. The third-order valence-electron chi connectivity index (χ3n) is 5.12. The zero-order valence-corrected chi connectivity index (χ0v) is 18.7.